The summed E-state index contributed by atoms with van der Waals surface area (Å²) < 4.78 is 18.3. The summed E-state index contributed by atoms with van der Waals surface area (Å²) in [6, 6.07) is 11.4. The number of fused-ring (bicyclic) bond motifs is 2. The molecule has 7 nitrogen and oxygen atoms in total. The molecule has 2 heterocycles. The average Bonchev–Trinajstić information content (AvgIpc) is 3.48. The van der Waals surface area contributed by atoms with Crippen molar-refractivity contribution in [1.82, 2.24) is 9.88 Å². The summed E-state index contributed by atoms with van der Waals surface area (Å²) in [5.41, 5.74) is 2.45. The van der Waals surface area contributed by atoms with E-state index in [-0.39, 0.29) is 24.1 Å². The first-order valence-corrected chi connectivity index (χ1v) is 12.5. The first kappa shape index (κ1) is 26.8. The molecule has 0 saturated heterocycles. The number of nitrogens with zero attached hydrogens (tertiary/aromatic N) is 3. The maximum absolute atomic E-state index is 13.8. The molecule has 9 heteroatoms. The van der Waals surface area contributed by atoms with Gasteiger partial charge in [0.25, 0.3) is 5.91 Å². The molecule has 2 aromatic heterocycles. The zero-order chi connectivity index (χ0) is 24.2. The number of carbonyl (C=O) groups excluding carboxylic acids is 1. The molecule has 0 aliphatic heterocycles. The van der Waals surface area contributed by atoms with Gasteiger partial charge in [-0.15, -0.1) is 12.4 Å². The molecule has 0 saturated carbocycles. The number of halogens is 1. The lowest BCUT2D eigenvalue weighted by molar-refractivity contribution is 0.0959. The van der Waals surface area contributed by atoms with E-state index in [0.717, 1.165) is 40.8 Å². The van der Waals surface area contributed by atoms with Gasteiger partial charge in [-0.25, -0.2) is 4.98 Å². The molecular weight excluding hydrogens is 486 g/mol. The number of rotatable bonds is 10. The smallest absolute Gasteiger partial charge is 0.295 e. The third kappa shape index (κ3) is 5.39. The van der Waals surface area contributed by atoms with Gasteiger partial charge in [0.2, 0.25) is 0 Å². The normalized spacial score (nSPS) is 11.1. The first-order valence-electron chi connectivity index (χ1n) is 11.6. The Bertz CT molecular complexity index is 1300. The van der Waals surface area contributed by atoms with Crippen LogP contribution in [0.4, 0.5) is 5.13 Å². The number of para-hydroxylation sites is 1. The first-order chi connectivity index (χ1) is 16.5. The summed E-state index contributed by atoms with van der Waals surface area (Å²) in [5, 5.41) is 1.46. The number of aryl methyl sites for hydroxylation is 1. The second kappa shape index (κ2) is 11.7. The Morgan fingerprint density at radius 1 is 1.09 bits per heavy atom. The number of benzene rings is 2. The molecule has 4 rings (SSSR count). The van der Waals surface area contributed by atoms with Gasteiger partial charge in [-0.3, -0.25) is 9.69 Å². The maximum atomic E-state index is 13.8. The van der Waals surface area contributed by atoms with Crippen molar-refractivity contribution in [2.75, 3.05) is 44.8 Å². The highest BCUT2D eigenvalue weighted by atomic mass is 35.5. The highest BCUT2D eigenvalue weighted by Gasteiger charge is 2.26. The van der Waals surface area contributed by atoms with E-state index >= 15 is 0 Å². The van der Waals surface area contributed by atoms with Crippen LogP contribution >= 0.6 is 23.7 Å². The Balaban J connectivity index is 0.00000342. The van der Waals surface area contributed by atoms with Gasteiger partial charge in [-0.05, 0) is 50.7 Å². The van der Waals surface area contributed by atoms with Crippen LogP contribution in [0.25, 0.3) is 21.2 Å². The maximum Gasteiger partial charge on any atom is 0.295 e. The van der Waals surface area contributed by atoms with E-state index in [4.69, 9.17) is 18.9 Å². The Labute approximate surface area is 216 Å². The molecule has 1 amide bonds. The van der Waals surface area contributed by atoms with Gasteiger partial charge in [0.15, 0.2) is 22.2 Å². The number of aromatic nitrogens is 1. The van der Waals surface area contributed by atoms with E-state index in [1.165, 1.54) is 11.3 Å². The van der Waals surface area contributed by atoms with E-state index in [1.807, 2.05) is 44.2 Å². The van der Waals surface area contributed by atoms with Gasteiger partial charge in [-0.2, -0.15) is 0 Å². The molecule has 0 aliphatic rings. The van der Waals surface area contributed by atoms with Crippen LogP contribution in [0.5, 0.6) is 11.5 Å². The number of hydrogen-bond acceptors (Lipinski definition) is 7. The lowest BCUT2D eigenvalue weighted by atomic mass is 10.2. The Kier molecular flexibility index (Phi) is 8.99. The summed E-state index contributed by atoms with van der Waals surface area (Å²) in [7, 11) is 1.64. The minimum atomic E-state index is -0.221. The fourth-order valence-electron chi connectivity index (χ4n) is 3.99. The van der Waals surface area contributed by atoms with Crippen molar-refractivity contribution in [2.24, 2.45) is 0 Å². The zero-order valence-electron chi connectivity index (χ0n) is 20.8. The van der Waals surface area contributed by atoms with Crippen LogP contribution in [-0.2, 0) is 0 Å². The fourth-order valence-corrected chi connectivity index (χ4v) is 5.06. The summed E-state index contributed by atoms with van der Waals surface area (Å²) in [5.74, 6) is 1.38. The molecule has 2 aromatic carbocycles. The van der Waals surface area contributed by atoms with Crippen molar-refractivity contribution in [1.29, 1.82) is 0 Å². The van der Waals surface area contributed by atoms with Crippen molar-refractivity contribution in [3.8, 4) is 11.5 Å². The standard InChI is InChI=1S/C26H31N3O4S.ClH/c1-6-28(7-2)14-15-29(26-27-22-19(31-5)13-12-17(4)24(22)34-26)25(30)21-16-18-10-9-11-20(32-8-3)23(18)33-21;/h9-13,16H,6-8,14-15H2,1-5H3;1H. The summed E-state index contributed by atoms with van der Waals surface area (Å²) in [6.45, 7) is 11.8. The van der Waals surface area contributed by atoms with Gasteiger partial charge in [0, 0.05) is 18.5 Å². The second-order valence-corrected chi connectivity index (χ2v) is 8.94. The SMILES string of the molecule is CCOc1cccc2cc(C(=O)N(CCN(CC)CC)c3nc4c(OC)ccc(C)c4s3)oc12.Cl. The third-order valence-corrected chi connectivity index (χ3v) is 7.15. The quantitative estimate of drug-likeness (QED) is 0.250. The van der Waals surface area contributed by atoms with Crippen LogP contribution < -0.4 is 14.4 Å². The van der Waals surface area contributed by atoms with Crippen molar-refractivity contribution in [3.63, 3.8) is 0 Å². The number of likely N-dealkylation sites (N-methyl/N-ethyl adjacent to an activating group) is 1. The van der Waals surface area contributed by atoms with Crippen LogP contribution in [0.15, 0.2) is 40.8 Å². The number of thiazole rings is 1. The largest absolute Gasteiger partial charge is 0.494 e. The topological polar surface area (TPSA) is 68.0 Å². The van der Waals surface area contributed by atoms with Gasteiger partial charge in [-0.1, -0.05) is 43.4 Å². The number of carbonyl (C=O) groups is 1. The van der Waals surface area contributed by atoms with Crippen molar-refractivity contribution in [3.05, 3.63) is 47.7 Å². The van der Waals surface area contributed by atoms with Gasteiger partial charge < -0.3 is 18.8 Å². The monoisotopic (exact) mass is 517 g/mol. The Morgan fingerprint density at radius 2 is 1.86 bits per heavy atom. The fraction of sp³-hybridized carbons (Fsp3) is 0.385. The molecule has 0 fully saturated rings. The summed E-state index contributed by atoms with van der Waals surface area (Å²) >= 11 is 1.50. The number of furan rings is 1. The van der Waals surface area contributed by atoms with E-state index in [0.29, 0.717) is 35.4 Å². The molecule has 0 N–H and O–H groups in total. The molecule has 188 valence electrons. The van der Waals surface area contributed by atoms with E-state index in [1.54, 1.807) is 18.1 Å². The van der Waals surface area contributed by atoms with Gasteiger partial charge in [0.1, 0.15) is 11.3 Å². The molecule has 0 radical (unpaired) electrons. The number of hydrogen-bond donors (Lipinski definition) is 0. The van der Waals surface area contributed by atoms with Crippen molar-refractivity contribution in [2.45, 2.75) is 27.7 Å². The Hall–Kier alpha value is -2.81. The summed E-state index contributed by atoms with van der Waals surface area (Å²) in [6.07, 6.45) is 0. The van der Waals surface area contributed by atoms with Crippen LogP contribution in [-0.4, -0.2) is 55.7 Å². The van der Waals surface area contributed by atoms with E-state index in [9.17, 15) is 4.79 Å². The number of methoxy groups -OCH3 is 1. The van der Waals surface area contributed by atoms with Crippen LogP contribution in [0.2, 0.25) is 0 Å². The summed E-state index contributed by atoms with van der Waals surface area (Å²) in [4.78, 5) is 22.6. The molecule has 0 bridgehead atoms. The van der Waals surface area contributed by atoms with Crippen LogP contribution in [0.3, 0.4) is 0 Å². The molecule has 0 unspecified atom stereocenters. The van der Waals surface area contributed by atoms with E-state index in [2.05, 4.69) is 18.7 Å². The lowest BCUT2D eigenvalue weighted by Gasteiger charge is -2.24. The highest BCUT2D eigenvalue weighted by molar-refractivity contribution is 7.22. The third-order valence-electron chi connectivity index (χ3n) is 5.94. The molecule has 4 aromatic rings. The number of amides is 1. The van der Waals surface area contributed by atoms with Crippen molar-refractivity contribution >= 4 is 56.0 Å². The van der Waals surface area contributed by atoms with Crippen LogP contribution in [0.1, 0.15) is 36.9 Å². The minimum Gasteiger partial charge on any atom is -0.494 e. The lowest BCUT2D eigenvalue weighted by Crippen LogP contribution is -2.38. The molecule has 35 heavy (non-hydrogen) atoms. The van der Waals surface area contributed by atoms with E-state index < -0.39 is 0 Å². The highest BCUT2D eigenvalue weighted by Crippen LogP contribution is 2.37. The molecule has 0 atom stereocenters. The second-order valence-electron chi connectivity index (χ2n) is 7.96. The number of anilines is 1. The Morgan fingerprint density at radius 3 is 2.54 bits per heavy atom. The molecule has 0 aliphatic carbocycles. The van der Waals surface area contributed by atoms with Crippen molar-refractivity contribution < 1.29 is 18.7 Å². The number of ether oxygens (including phenoxy) is 2. The average molecular weight is 518 g/mol. The predicted octanol–water partition coefficient (Wildman–Crippen LogP) is 6.17. The van der Waals surface area contributed by atoms with Crippen LogP contribution in [0, 0.1) is 6.92 Å². The molecule has 0 spiro atoms. The van der Waals surface area contributed by atoms with Gasteiger partial charge >= 0.3 is 0 Å². The minimum absolute atomic E-state index is 0. The zero-order valence-corrected chi connectivity index (χ0v) is 22.4. The predicted molar refractivity (Wildman–Crippen MR) is 145 cm³/mol. The van der Waals surface area contributed by atoms with Gasteiger partial charge in [0.05, 0.1) is 18.4 Å². The molecular formula is C26H32ClN3O4S.